The molecule has 0 radical (unpaired) electrons. The number of allylic oxidation sites excluding steroid dienone is 4. The minimum atomic E-state index is -0.272. The Kier molecular flexibility index (Phi) is 4.81. The van der Waals surface area contributed by atoms with Gasteiger partial charge in [0, 0.05) is 11.3 Å². The quantitative estimate of drug-likeness (QED) is 0.456. The lowest BCUT2D eigenvalue weighted by atomic mass is 9.90. The third-order valence-corrected chi connectivity index (χ3v) is 4.61. The van der Waals surface area contributed by atoms with Crippen molar-refractivity contribution < 1.29 is 14.4 Å². The summed E-state index contributed by atoms with van der Waals surface area (Å²) in [5, 5.41) is 3.94. The molecule has 0 bridgehead atoms. The first-order valence-electron chi connectivity index (χ1n) is 6.80. The summed E-state index contributed by atoms with van der Waals surface area (Å²) in [5.74, 6) is 1.62. The van der Waals surface area contributed by atoms with E-state index in [0.717, 1.165) is 23.5 Å². The fourth-order valence-electron chi connectivity index (χ4n) is 2.12. The van der Waals surface area contributed by atoms with Crippen LogP contribution in [0.5, 0.6) is 0 Å². The zero-order valence-electron chi connectivity index (χ0n) is 12.0. The molecule has 4 nitrogen and oxygen atoms in total. The van der Waals surface area contributed by atoms with Crippen molar-refractivity contribution in [2.75, 3.05) is 11.5 Å². The number of hydrogen-bond donors (Lipinski definition) is 0. The fraction of sp³-hybridized carbons (Fsp3) is 0.533. The zero-order chi connectivity index (χ0) is 14.7. The molecule has 1 aliphatic heterocycles. The van der Waals surface area contributed by atoms with E-state index in [4.69, 9.17) is 4.84 Å². The van der Waals surface area contributed by atoms with Gasteiger partial charge in [0.05, 0.1) is 5.92 Å². The van der Waals surface area contributed by atoms with Crippen molar-refractivity contribution in [1.29, 1.82) is 0 Å². The maximum absolute atomic E-state index is 11.8. The van der Waals surface area contributed by atoms with Crippen molar-refractivity contribution in [1.82, 2.24) is 0 Å². The van der Waals surface area contributed by atoms with Crippen LogP contribution in [-0.4, -0.2) is 29.0 Å². The Balaban J connectivity index is 2.09. The summed E-state index contributed by atoms with van der Waals surface area (Å²) in [6.07, 6.45) is 4.13. The summed E-state index contributed by atoms with van der Waals surface area (Å²) < 4.78 is 0. The Morgan fingerprint density at radius 2 is 2.20 bits per heavy atom. The van der Waals surface area contributed by atoms with Gasteiger partial charge in [-0.25, -0.2) is 4.79 Å². The molecule has 1 saturated heterocycles. The van der Waals surface area contributed by atoms with Crippen LogP contribution in [0.2, 0.25) is 0 Å². The average Bonchev–Trinajstić information content (AvgIpc) is 2.90. The van der Waals surface area contributed by atoms with Crippen LogP contribution in [0, 0.1) is 11.8 Å². The standard InChI is InChI=1S/C15H19NO3S/c1-9(2)12-7-13(10(3)6-14(12)17)16-19-15(18)11-4-5-20-8-11/h6-7,9,11H,4-5,8H2,1-3H3/b16-13+. The molecule has 20 heavy (non-hydrogen) atoms. The molecule has 0 aromatic carbocycles. The zero-order valence-corrected chi connectivity index (χ0v) is 12.8. The number of carbonyl (C=O) groups excluding carboxylic acids is 2. The number of nitrogens with zero attached hydrogens (tertiary/aromatic N) is 1. The highest BCUT2D eigenvalue weighted by atomic mass is 32.2. The third-order valence-electron chi connectivity index (χ3n) is 3.45. The minimum absolute atomic E-state index is 0.00923. The first-order valence-corrected chi connectivity index (χ1v) is 7.95. The van der Waals surface area contributed by atoms with Crippen LogP contribution in [0.25, 0.3) is 0 Å². The highest BCUT2D eigenvalue weighted by Gasteiger charge is 2.25. The van der Waals surface area contributed by atoms with E-state index in [0.29, 0.717) is 11.3 Å². The van der Waals surface area contributed by atoms with Gasteiger partial charge < -0.3 is 4.84 Å². The van der Waals surface area contributed by atoms with Gasteiger partial charge in [-0.1, -0.05) is 19.0 Å². The Labute approximate surface area is 123 Å². The number of ketones is 1. The van der Waals surface area contributed by atoms with Crippen LogP contribution in [0.3, 0.4) is 0 Å². The SMILES string of the molecule is CC1=CC(=O)C(C(C)C)=C/C1=N\OC(=O)C1CCSC1. The summed E-state index contributed by atoms with van der Waals surface area (Å²) in [6, 6.07) is 0. The van der Waals surface area contributed by atoms with Crippen molar-refractivity contribution in [3.05, 3.63) is 23.3 Å². The smallest absolute Gasteiger partial charge is 0.317 e. The second kappa shape index (κ2) is 6.39. The summed E-state index contributed by atoms with van der Waals surface area (Å²) in [4.78, 5) is 28.7. The van der Waals surface area contributed by atoms with Gasteiger partial charge >= 0.3 is 5.97 Å². The molecular weight excluding hydrogens is 274 g/mol. The number of thioether (sulfide) groups is 1. The van der Waals surface area contributed by atoms with E-state index in [1.807, 2.05) is 13.8 Å². The topological polar surface area (TPSA) is 55.7 Å². The lowest BCUT2D eigenvalue weighted by molar-refractivity contribution is -0.147. The van der Waals surface area contributed by atoms with Crippen molar-refractivity contribution in [3.8, 4) is 0 Å². The van der Waals surface area contributed by atoms with Gasteiger partial charge in [-0.05, 0) is 42.7 Å². The van der Waals surface area contributed by atoms with Crippen LogP contribution >= 0.6 is 11.8 Å². The van der Waals surface area contributed by atoms with Crippen LogP contribution in [0.4, 0.5) is 0 Å². The van der Waals surface area contributed by atoms with E-state index in [2.05, 4.69) is 5.16 Å². The normalized spacial score (nSPS) is 24.9. The minimum Gasteiger partial charge on any atom is -0.317 e. The Hall–Kier alpha value is -1.36. The largest absolute Gasteiger partial charge is 0.338 e. The Bertz CT molecular complexity index is 511. The van der Waals surface area contributed by atoms with Crippen LogP contribution in [-0.2, 0) is 14.4 Å². The predicted octanol–water partition coefficient (Wildman–Crippen LogP) is 2.75. The number of carbonyl (C=O) groups is 2. The lowest BCUT2D eigenvalue weighted by Gasteiger charge is -2.14. The van der Waals surface area contributed by atoms with E-state index in [9.17, 15) is 9.59 Å². The Morgan fingerprint density at radius 1 is 1.45 bits per heavy atom. The van der Waals surface area contributed by atoms with Crippen molar-refractivity contribution in [2.45, 2.75) is 27.2 Å². The molecule has 2 rings (SSSR count). The maximum atomic E-state index is 11.8. The first-order chi connectivity index (χ1) is 9.49. The molecule has 0 N–H and O–H groups in total. The van der Waals surface area contributed by atoms with Crippen LogP contribution < -0.4 is 0 Å². The highest BCUT2D eigenvalue weighted by molar-refractivity contribution is 7.99. The molecule has 108 valence electrons. The van der Waals surface area contributed by atoms with Crippen LogP contribution in [0.15, 0.2) is 28.5 Å². The van der Waals surface area contributed by atoms with Gasteiger partial charge in [0.15, 0.2) is 5.78 Å². The molecule has 1 aliphatic carbocycles. The lowest BCUT2D eigenvalue weighted by Crippen LogP contribution is -2.18. The van der Waals surface area contributed by atoms with Gasteiger partial charge in [-0.3, -0.25) is 4.79 Å². The monoisotopic (exact) mass is 293 g/mol. The van der Waals surface area contributed by atoms with E-state index in [1.165, 1.54) is 0 Å². The molecular formula is C15H19NO3S. The highest BCUT2D eigenvalue weighted by Crippen LogP contribution is 2.25. The summed E-state index contributed by atoms with van der Waals surface area (Å²) in [7, 11) is 0. The van der Waals surface area contributed by atoms with E-state index < -0.39 is 0 Å². The van der Waals surface area contributed by atoms with Crippen LogP contribution in [0.1, 0.15) is 27.2 Å². The van der Waals surface area contributed by atoms with Crippen molar-refractivity contribution in [3.63, 3.8) is 0 Å². The number of oxime groups is 1. The molecule has 2 aliphatic rings. The number of rotatable bonds is 3. The molecule has 0 saturated carbocycles. The van der Waals surface area contributed by atoms with E-state index in [-0.39, 0.29) is 23.6 Å². The predicted molar refractivity (Wildman–Crippen MR) is 80.6 cm³/mol. The van der Waals surface area contributed by atoms with Crippen molar-refractivity contribution >= 4 is 29.2 Å². The van der Waals surface area contributed by atoms with Gasteiger partial charge in [0.1, 0.15) is 5.71 Å². The Morgan fingerprint density at radius 3 is 2.80 bits per heavy atom. The molecule has 0 aromatic heterocycles. The summed E-state index contributed by atoms with van der Waals surface area (Å²) in [6.45, 7) is 5.71. The average molecular weight is 293 g/mol. The molecule has 1 fully saturated rings. The maximum Gasteiger partial charge on any atom is 0.338 e. The van der Waals surface area contributed by atoms with Gasteiger partial charge in [-0.2, -0.15) is 11.8 Å². The molecule has 1 heterocycles. The number of hydrogen-bond acceptors (Lipinski definition) is 5. The molecule has 1 atom stereocenters. The molecule has 5 heteroatoms. The summed E-state index contributed by atoms with van der Waals surface area (Å²) >= 11 is 1.76. The summed E-state index contributed by atoms with van der Waals surface area (Å²) in [5.41, 5.74) is 1.99. The van der Waals surface area contributed by atoms with Gasteiger partial charge in [-0.15, -0.1) is 0 Å². The second-order valence-corrected chi connectivity index (χ2v) is 6.54. The molecule has 0 aromatic rings. The molecule has 1 unspecified atom stereocenters. The van der Waals surface area contributed by atoms with Crippen molar-refractivity contribution in [2.24, 2.45) is 17.0 Å². The second-order valence-electron chi connectivity index (χ2n) is 5.39. The first kappa shape index (κ1) is 15.0. The molecule has 0 spiro atoms. The third kappa shape index (κ3) is 3.39. The van der Waals surface area contributed by atoms with E-state index >= 15 is 0 Å². The van der Waals surface area contributed by atoms with E-state index in [1.54, 1.807) is 30.8 Å². The fourth-order valence-corrected chi connectivity index (χ4v) is 3.33. The van der Waals surface area contributed by atoms with Gasteiger partial charge in [0.2, 0.25) is 0 Å². The molecule has 0 amide bonds. The van der Waals surface area contributed by atoms with Gasteiger partial charge in [0.25, 0.3) is 0 Å².